The molecular weight excluding hydrogens is 324 g/mol. The van der Waals surface area contributed by atoms with E-state index in [4.69, 9.17) is 18.6 Å². The molecule has 2 amide bonds. The van der Waals surface area contributed by atoms with Crippen molar-refractivity contribution in [1.82, 2.24) is 4.90 Å². The van der Waals surface area contributed by atoms with Gasteiger partial charge in [-0.2, -0.15) is 0 Å². The summed E-state index contributed by atoms with van der Waals surface area (Å²) in [6, 6.07) is 5.09. The second-order valence-electron chi connectivity index (χ2n) is 5.62. The summed E-state index contributed by atoms with van der Waals surface area (Å²) in [4.78, 5) is 14.0. The predicted octanol–water partition coefficient (Wildman–Crippen LogP) is 3.59. The molecule has 2 rings (SSSR count). The second kappa shape index (κ2) is 7.83. The number of hydrogen-bond acceptors (Lipinski definition) is 5. The Kier molecular flexibility index (Phi) is 5.80. The lowest BCUT2D eigenvalue weighted by molar-refractivity contribution is 0.216. The minimum atomic E-state index is -0.293. The summed E-state index contributed by atoms with van der Waals surface area (Å²) >= 11 is 0. The Morgan fingerprint density at radius 3 is 2.32 bits per heavy atom. The average molecular weight is 348 g/mol. The van der Waals surface area contributed by atoms with Crippen molar-refractivity contribution in [3.63, 3.8) is 0 Å². The van der Waals surface area contributed by atoms with Gasteiger partial charge in [-0.15, -0.1) is 0 Å². The van der Waals surface area contributed by atoms with Crippen LogP contribution in [0.5, 0.6) is 17.2 Å². The molecule has 1 N–H and O–H groups in total. The van der Waals surface area contributed by atoms with Crippen LogP contribution in [0.25, 0.3) is 0 Å². The highest BCUT2D eigenvalue weighted by Crippen LogP contribution is 2.42. The lowest BCUT2D eigenvalue weighted by Crippen LogP contribution is -2.30. The Bertz CT molecular complexity index is 754. The number of methoxy groups -OCH3 is 3. The van der Waals surface area contributed by atoms with Crippen LogP contribution in [0.15, 0.2) is 22.6 Å². The molecule has 0 bridgehead atoms. The molecule has 1 aromatic carbocycles. The first-order valence-corrected chi connectivity index (χ1v) is 7.78. The summed E-state index contributed by atoms with van der Waals surface area (Å²) in [6.45, 7) is 4.06. The minimum absolute atomic E-state index is 0.293. The number of carbonyl (C=O) groups is 1. The molecule has 0 fully saturated rings. The number of ether oxygens (including phenoxy) is 3. The normalized spacial score (nSPS) is 10.3. The first-order valence-electron chi connectivity index (χ1n) is 7.78. The van der Waals surface area contributed by atoms with Crippen LogP contribution < -0.4 is 19.5 Å². The van der Waals surface area contributed by atoms with E-state index in [1.54, 1.807) is 34.4 Å². The molecule has 0 unspecified atom stereocenters. The zero-order chi connectivity index (χ0) is 18.6. The fourth-order valence-corrected chi connectivity index (χ4v) is 2.60. The van der Waals surface area contributed by atoms with Gasteiger partial charge in [0.25, 0.3) is 0 Å². The van der Waals surface area contributed by atoms with Crippen molar-refractivity contribution in [2.45, 2.75) is 20.4 Å². The van der Waals surface area contributed by atoms with Crippen molar-refractivity contribution < 1.29 is 23.4 Å². The molecule has 0 radical (unpaired) electrons. The third-order valence-corrected chi connectivity index (χ3v) is 3.83. The molecule has 25 heavy (non-hydrogen) atoms. The van der Waals surface area contributed by atoms with Gasteiger partial charge in [-0.3, -0.25) is 0 Å². The Hall–Kier alpha value is -2.83. The standard InChI is InChI=1S/C18H24N2O5/c1-11-7-8-13(25-11)10-20(3)18(21)19-14-9-15(22-4)17(24-6)12(2)16(14)23-5/h7-9H,10H2,1-6H3,(H,19,21). The molecule has 136 valence electrons. The van der Waals surface area contributed by atoms with Gasteiger partial charge < -0.3 is 28.8 Å². The number of nitrogens with one attached hydrogen (secondary N) is 1. The Morgan fingerprint density at radius 1 is 1.12 bits per heavy atom. The molecule has 0 aliphatic rings. The zero-order valence-corrected chi connectivity index (χ0v) is 15.4. The van der Waals surface area contributed by atoms with E-state index in [1.165, 1.54) is 4.90 Å². The Balaban J connectivity index is 2.23. The average Bonchev–Trinajstić information content (AvgIpc) is 2.99. The summed E-state index contributed by atoms with van der Waals surface area (Å²) in [5, 5.41) is 2.84. The largest absolute Gasteiger partial charge is 0.494 e. The van der Waals surface area contributed by atoms with E-state index in [1.807, 2.05) is 26.0 Å². The molecule has 0 spiro atoms. The number of rotatable bonds is 6. The third-order valence-electron chi connectivity index (χ3n) is 3.83. The van der Waals surface area contributed by atoms with Crippen LogP contribution in [-0.2, 0) is 6.54 Å². The monoisotopic (exact) mass is 348 g/mol. The van der Waals surface area contributed by atoms with E-state index < -0.39 is 0 Å². The van der Waals surface area contributed by atoms with E-state index in [0.717, 1.165) is 11.3 Å². The molecule has 0 aliphatic carbocycles. The molecule has 0 atom stereocenters. The first kappa shape index (κ1) is 18.5. The van der Waals surface area contributed by atoms with E-state index in [-0.39, 0.29) is 6.03 Å². The van der Waals surface area contributed by atoms with Crippen LogP contribution in [0.3, 0.4) is 0 Å². The SMILES string of the molecule is COc1cc(NC(=O)N(C)Cc2ccc(C)o2)c(OC)c(C)c1OC. The topological polar surface area (TPSA) is 73.2 Å². The molecule has 7 heteroatoms. The third kappa shape index (κ3) is 3.99. The number of nitrogens with zero attached hydrogens (tertiary/aromatic N) is 1. The highest BCUT2D eigenvalue weighted by Gasteiger charge is 2.20. The fraction of sp³-hybridized carbons (Fsp3) is 0.389. The highest BCUT2D eigenvalue weighted by atomic mass is 16.5. The van der Waals surface area contributed by atoms with Crippen LogP contribution in [0, 0.1) is 13.8 Å². The van der Waals surface area contributed by atoms with Crippen LogP contribution in [0.1, 0.15) is 17.1 Å². The molecule has 7 nitrogen and oxygen atoms in total. The predicted molar refractivity (Wildman–Crippen MR) is 94.8 cm³/mol. The van der Waals surface area contributed by atoms with Gasteiger partial charge >= 0.3 is 6.03 Å². The number of urea groups is 1. The van der Waals surface area contributed by atoms with E-state index in [2.05, 4.69) is 5.32 Å². The van der Waals surface area contributed by atoms with Gasteiger partial charge in [-0.1, -0.05) is 0 Å². The van der Waals surface area contributed by atoms with Crippen molar-refractivity contribution >= 4 is 11.7 Å². The van der Waals surface area contributed by atoms with Gasteiger partial charge in [-0.05, 0) is 26.0 Å². The van der Waals surface area contributed by atoms with Gasteiger partial charge in [0.2, 0.25) is 0 Å². The Labute approximate surface area is 147 Å². The van der Waals surface area contributed by atoms with Crippen molar-refractivity contribution in [3.8, 4) is 17.2 Å². The second-order valence-corrected chi connectivity index (χ2v) is 5.62. The quantitative estimate of drug-likeness (QED) is 0.864. The van der Waals surface area contributed by atoms with Gasteiger partial charge in [0.1, 0.15) is 17.3 Å². The number of amides is 2. The number of hydrogen-bond donors (Lipinski definition) is 1. The van der Waals surface area contributed by atoms with Crippen LogP contribution in [-0.4, -0.2) is 39.3 Å². The first-order chi connectivity index (χ1) is 11.9. The molecular formula is C18H24N2O5. The summed E-state index contributed by atoms with van der Waals surface area (Å²) in [5.41, 5.74) is 1.24. The van der Waals surface area contributed by atoms with E-state index in [0.29, 0.717) is 35.2 Å². The maximum atomic E-state index is 12.5. The zero-order valence-electron chi connectivity index (χ0n) is 15.4. The maximum absolute atomic E-state index is 12.5. The number of furan rings is 1. The summed E-state index contributed by atoms with van der Waals surface area (Å²) < 4.78 is 21.6. The molecule has 1 aromatic heterocycles. The lowest BCUT2D eigenvalue weighted by Gasteiger charge is -2.21. The van der Waals surface area contributed by atoms with Crippen LogP contribution in [0.2, 0.25) is 0 Å². The number of benzene rings is 1. The smallest absolute Gasteiger partial charge is 0.322 e. The Morgan fingerprint density at radius 2 is 1.80 bits per heavy atom. The summed E-state index contributed by atoms with van der Waals surface area (Å²) in [7, 11) is 6.33. The fourth-order valence-electron chi connectivity index (χ4n) is 2.60. The number of anilines is 1. The molecule has 0 saturated heterocycles. The van der Waals surface area contributed by atoms with Crippen molar-refractivity contribution in [2.24, 2.45) is 0 Å². The molecule has 2 aromatic rings. The number of carbonyl (C=O) groups excluding carboxylic acids is 1. The van der Waals surface area contributed by atoms with Crippen molar-refractivity contribution in [3.05, 3.63) is 35.3 Å². The minimum Gasteiger partial charge on any atom is -0.494 e. The van der Waals surface area contributed by atoms with Crippen LogP contribution >= 0.6 is 0 Å². The highest BCUT2D eigenvalue weighted by molar-refractivity contribution is 5.92. The van der Waals surface area contributed by atoms with E-state index >= 15 is 0 Å². The van der Waals surface area contributed by atoms with E-state index in [9.17, 15) is 4.79 Å². The molecule has 0 saturated carbocycles. The molecule has 0 aliphatic heterocycles. The van der Waals surface area contributed by atoms with Crippen LogP contribution in [0.4, 0.5) is 10.5 Å². The number of aryl methyl sites for hydroxylation is 1. The summed E-state index contributed by atoms with van der Waals surface area (Å²) in [6.07, 6.45) is 0. The summed E-state index contributed by atoms with van der Waals surface area (Å²) in [5.74, 6) is 3.12. The molecule has 1 heterocycles. The maximum Gasteiger partial charge on any atom is 0.322 e. The van der Waals surface area contributed by atoms with Gasteiger partial charge in [0, 0.05) is 18.7 Å². The van der Waals surface area contributed by atoms with Gasteiger partial charge in [0.15, 0.2) is 11.5 Å². The van der Waals surface area contributed by atoms with Crippen molar-refractivity contribution in [2.75, 3.05) is 33.7 Å². The van der Waals surface area contributed by atoms with Gasteiger partial charge in [-0.25, -0.2) is 4.79 Å². The van der Waals surface area contributed by atoms with Gasteiger partial charge in [0.05, 0.1) is 33.6 Å². The van der Waals surface area contributed by atoms with Crippen molar-refractivity contribution in [1.29, 1.82) is 0 Å². The lowest BCUT2D eigenvalue weighted by atomic mass is 10.1.